The summed E-state index contributed by atoms with van der Waals surface area (Å²) in [6.45, 7) is 9.26. The molecule has 0 aliphatic carbocycles. The first-order valence-electron chi connectivity index (χ1n) is 13.9. The normalized spacial score (nSPS) is 12.7. The van der Waals surface area contributed by atoms with Crippen molar-refractivity contribution >= 4 is 0 Å². The van der Waals surface area contributed by atoms with E-state index in [0.29, 0.717) is 0 Å². The summed E-state index contributed by atoms with van der Waals surface area (Å²) < 4.78 is 0. The third-order valence-corrected chi connectivity index (χ3v) is 7.12. The molecule has 0 aromatic heterocycles. The van der Waals surface area contributed by atoms with Crippen LogP contribution < -0.4 is 5.73 Å². The Balaban J connectivity index is 0. The van der Waals surface area contributed by atoms with E-state index in [1.165, 1.54) is 141 Å². The highest BCUT2D eigenvalue weighted by Crippen LogP contribution is 2.34. The van der Waals surface area contributed by atoms with Crippen LogP contribution >= 0.6 is 0 Å². The molecule has 0 bridgehead atoms. The van der Waals surface area contributed by atoms with Crippen molar-refractivity contribution in [3.63, 3.8) is 0 Å². The zero-order valence-corrected chi connectivity index (χ0v) is 21.7. The van der Waals surface area contributed by atoms with Gasteiger partial charge < -0.3 is 11.2 Å². The molecule has 0 fully saturated rings. The van der Waals surface area contributed by atoms with Gasteiger partial charge in [-0.05, 0) is 31.6 Å². The molecule has 184 valence electrons. The minimum Gasteiger partial charge on any atom is -0.412 e. The van der Waals surface area contributed by atoms with Crippen molar-refractivity contribution in [2.75, 3.05) is 0 Å². The predicted molar refractivity (Wildman–Crippen MR) is 138 cm³/mol. The van der Waals surface area contributed by atoms with Crippen LogP contribution in [-0.2, 0) is 0 Å². The molecule has 0 radical (unpaired) electrons. The van der Waals surface area contributed by atoms with Crippen molar-refractivity contribution < 1.29 is 5.48 Å². The van der Waals surface area contributed by atoms with Crippen LogP contribution in [0, 0.1) is 5.92 Å². The molecule has 1 unspecified atom stereocenters. The molecule has 0 rings (SSSR count). The summed E-state index contributed by atoms with van der Waals surface area (Å²) in [6.07, 6.45) is 30.4. The van der Waals surface area contributed by atoms with Gasteiger partial charge in [-0.1, -0.05) is 143 Å². The van der Waals surface area contributed by atoms with Gasteiger partial charge in [0.2, 0.25) is 0 Å². The van der Waals surface area contributed by atoms with Gasteiger partial charge in [0.05, 0.1) is 0 Å². The zero-order valence-electron chi connectivity index (χ0n) is 21.7. The summed E-state index contributed by atoms with van der Waals surface area (Å²) in [5, 5.41) is 0. The fourth-order valence-corrected chi connectivity index (χ4v) is 4.95. The Kier molecular flexibility index (Phi) is 25.2. The number of nitrogens with two attached hydrogens (primary N) is 1. The molecule has 30 heavy (non-hydrogen) atoms. The lowest BCUT2D eigenvalue weighted by Gasteiger charge is -2.39. The summed E-state index contributed by atoms with van der Waals surface area (Å²) in [5.74, 6) is 0.753. The smallest absolute Gasteiger partial charge is 0.0182 e. The van der Waals surface area contributed by atoms with Crippen LogP contribution in [-0.4, -0.2) is 11.0 Å². The molecule has 1 atom stereocenters. The molecule has 4 N–H and O–H groups in total. The van der Waals surface area contributed by atoms with E-state index in [4.69, 9.17) is 5.73 Å². The number of hydrogen-bond acceptors (Lipinski definition) is 1. The summed E-state index contributed by atoms with van der Waals surface area (Å²) >= 11 is 0. The van der Waals surface area contributed by atoms with Gasteiger partial charge in [-0.2, -0.15) is 0 Å². The molecule has 2 heteroatoms. The maximum Gasteiger partial charge on any atom is 0.0182 e. The minimum absolute atomic E-state index is 0. The van der Waals surface area contributed by atoms with Crippen LogP contribution in [0.25, 0.3) is 0 Å². The molecular weight excluding hydrogens is 366 g/mol. The first-order chi connectivity index (χ1) is 14.1. The van der Waals surface area contributed by atoms with E-state index in [1.54, 1.807) is 0 Å². The summed E-state index contributed by atoms with van der Waals surface area (Å²) in [5.41, 5.74) is 7.20. The van der Waals surface area contributed by atoms with Crippen LogP contribution in [0.1, 0.15) is 169 Å². The zero-order chi connectivity index (χ0) is 21.6. The van der Waals surface area contributed by atoms with Crippen molar-refractivity contribution in [3.05, 3.63) is 0 Å². The van der Waals surface area contributed by atoms with E-state index >= 15 is 0 Å². The van der Waals surface area contributed by atoms with E-state index in [2.05, 4.69) is 27.7 Å². The largest absolute Gasteiger partial charge is 0.412 e. The van der Waals surface area contributed by atoms with Gasteiger partial charge in [0.1, 0.15) is 0 Å². The quantitative estimate of drug-likeness (QED) is 0.162. The first kappa shape index (κ1) is 32.1. The topological polar surface area (TPSA) is 57.5 Å². The Morgan fingerprint density at radius 2 is 0.800 bits per heavy atom. The van der Waals surface area contributed by atoms with Gasteiger partial charge in [0.25, 0.3) is 0 Å². The van der Waals surface area contributed by atoms with Crippen molar-refractivity contribution in [3.8, 4) is 0 Å². The average molecular weight is 428 g/mol. The molecule has 0 spiro atoms. The maximum atomic E-state index is 7.09. The fraction of sp³-hybridized carbons (Fsp3) is 1.00. The van der Waals surface area contributed by atoms with E-state index in [0.717, 1.165) is 5.92 Å². The standard InChI is InChI=1S/C28H59N.H2O/c1-5-9-13-14-15-16-17-18-19-20-21-22-24-27(23-10-6-2)28(29,25-11-7-3)26-12-8-4;/h27H,5-26,29H2,1-4H3;1H2. The number of rotatable bonds is 23. The third-order valence-electron chi connectivity index (χ3n) is 7.12. The Labute approximate surface area is 191 Å². The number of hydrogen-bond donors (Lipinski definition) is 1. The first-order valence-corrected chi connectivity index (χ1v) is 13.9. The van der Waals surface area contributed by atoms with E-state index in [-0.39, 0.29) is 11.0 Å². The molecular formula is C28H61NO. The second-order valence-corrected chi connectivity index (χ2v) is 9.96. The second kappa shape index (κ2) is 23.6. The molecule has 0 heterocycles. The van der Waals surface area contributed by atoms with Gasteiger partial charge in [-0.15, -0.1) is 0 Å². The molecule has 0 saturated heterocycles. The maximum absolute atomic E-state index is 7.09. The lowest BCUT2D eigenvalue weighted by atomic mass is 9.72. The van der Waals surface area contributed by atoms with E-state index < -0.39 is 0 Å². The van der Waals surface area contributed by atoms with Crippen molar-refractivity contribution in [2.24, 2.45) is 11.7 Å². The summed E-state index contributed by atoms with van der Waals surface area (Å²) in [7, 11) is 0. The molecule has 0 amide bonds. The van der Waals surface area contributed by atoms with Gasteiger partial charge in [-0.25, -0.2) is 0 Å². The predicted octanol–water partition coefficient (Wildman–Crippen LogP) is 9.14. The average Bonchev–Trinajstić information content (AvgIpc) is 2.73. The lowest BCUT2D eigenvalue weighted by Crippen LogP contribution is -2.47. The van der Waals surface area contributed by atoms with E-state index in [9.17, 15) is 0 Å². The molecule has 0 aromatic rings. The molecule has 0 saturated carbocycles. The van der Waals surface area contributed by atoms with Gasteiger partial charge >= 0.3 is 0 Å². The molecule has 0 aromatic carbocycles. The number of unbranched alkanes of at least 4 members (excludes halogenated alkanes) is 14. The Bertz CT molecular complexity index is 310. The van der Waals surface area contributed by atoms with Crippen LogP contribution in [0.3, 0.4) is 0 Å². The Morgan fingerprint density at radius 3 is 1.20 bits per heavy atom. The highest BCUT2D eigenvalue weighted by molar-refractivity contribution is 4.91. The van der Waals surface area contributed by atoms with Crippen LogP contribution in [0.5, 0.6) is 0 Å². The second-order valence-electron chi connectivity index (χ2n) is 9.96. The summed E-state index contributed by atoms with van der Waals surface area (Å²) in [6, 6.07) is 0. The third kappa shape index (κ3) is 17.6. The molecule has 0 aliphatic heterocycles. The van der Waals surface area contributed by atoms with Crippen LogP contribution in [0.2, 0.25) is 0 Å². The minimum atomic E-state index is 0. The Hall–Kier alpha value is -0.0800. The van der Waals surface area contributed by atoms with Crippen molar-refractivity contribution in [1.29, 1.82) is 0 Å². The lowest BCUT2D eigenvalue weighted by molar-refractivity contribution is 0.193. The van der Waals surface area contributed by atoms with Gasteiger partial charge in [-0.3, -0.25) is 0 Å². The SMILES string of the molecule is CCCCCCCCCCCCCCC(CCCC)C(N)(CCCC)CCCC.O. The fourth-order valence-electron chi connectivity index (χ4n) is 4.95. The molecule has 0 aliphatic rings. The van der Waals surface area contributed by atoms with Gasteiger partial charge in [0.15, 0.2) is 0 Å². The monoisotopic (exact) mass is 427 g/mol. The van der Waals surface area contributed by atoms with E-state index in [1.807, 2.05) is 0 Å². The summed E-state index contributed by atoms with van der Waals surface area (Å²) in [4.78, 5) is 0. The van der Waals surface area contributed by atoms with Crippen molar-refractivity contribution in [2.45, 2.75) is 174 Å². The highest BCUT2D eigenvalue weighted by Gasteiger charge is 2.32. The Morgan fingerprint density at radius 1 is 0.467 bits per heavy atom. The van der Waals surface area contributed by atoms with Crippen molar-refractivity contribution in [1.82, 2.24) is 0 Å². The molecule has 2 nitrogen and oxygen atoms in total. The van der Waals surface area contributed by atoms with Crippen LogP contribution in [0.15, 0.2) is 0 Å². The highest BCUT2D eigenvalue weighted by atomic mass is 16.0. The van der Waals surface area contributed by atoms with Crippen LogP contribution in [0.4, 0.5) is 0 Å². The van der Waals surface area contributed by atoms with Gasteiger partial charge in [0, 0.05) is 5.54 Å².